The lowest BCUT2D eigenvalue weighted by Gasteiger charge is -2.16. The molecule has 3 rings (SSSR count). The summed E-state index contributed by atoms with van der Waals surface area (Å²) in [5.41, 5.74) is 4.01. The van der Waals surface area contributed by atoms with E-state index >= 15 is 0 Å². The number of hydrogen-bond donors (Lipinski definition) is 1. The molecule has 0 radical (unpaired) electrons. The van der Waals surface area contributed by atoms with E-state index in [4.69, 9.17) is 21.1 Å². The highest BCUT2D eigenvalue weighted by Crippen LogP contribution is 2.28. The molecule has 0 bridgehead atoms. The summed E-state index contributed by atoms with van der Waals surface area (Å²) in [6.07, 6.45) is 1.43. The van der Waals surface area contributed by atoms with Gasteiger partial charge < -0.3 is 9.47 Å². The number of rotatable bonds is 10. The molecule has 0 spiro atoms. The number of sulfonamides is 1. The van der Waals surface area contributed by atoms with Crippen LogP contribution in [0.3, 0.4) is 0 Å². The average molecular weight is 502 g/mol. The van der Waals surface area contributed by atoms with Crippen molar-refractivity contribution in [1.82, 2.24) is 9.73 Å². The molecule has 8 nitrogen and oxygen atoms in total. The molecule has 1 N–H and O–H groups in total. The topological polar surface area (TPSA) is 97.3 Å². The molecule has 0 aliphatic rings. The Kier molecular flexibility index (Phi) is 8.64. The third-order valence-electron chi connectivity index (χ3n) is 4.72. The van der Waals surface area contributed by atoms with E-state index < -0.39 is 22.5 Å². The standard InChI is InChI=1S/C24H24ClN3O5S/c1-28(34(30,31)21-11-9-20(25)10-12-21)16-24(29)27-26-15-19-8-13-22(23(14-19)32-2)33-17-18-6-4-3-5-7-18/h3-15H,16-17H2,1-2H3,(H,27,29)/b26-15-. The van der Waals surface area contributed by atoms with Crippen LogP contribution in [0.5, 0.6) is 11.5 Å². The summed E-state index contributed by atoms with van der Waals surface area (Å²) < 4.78 is 37.3. The molecule has 34 heavy (non-hydrogen) atoms. The molecule has 0 saturated heterocycles. The van der Waals surface area contributed by atoms with Crippen molar-refractivity contribution >= 4 is 33.7 Å². The number of halogens is 1. The Morgan fingerprint density at radius 2 is 1.76 bits per heavy atom. The molecule has 0 atom stereocenters. The molecule has 0 aliphatic carbocycles. The normalized spacial score (nSPS) is 11.5. The Morgan fingerprint density at radius 3 is 2.44 bits per heavy atom. The number of nitrogens with zero attached hydrogens (tertiary/aromatic N) is 2. The van der Waals surface area contributed by atoms with E-state index in [0.717, 1.165) is 9.87 Å². The zero-order valence-electron chi connectivity index (χ0n) is 18.6. The lowest BCUT2D eigenvalue weighted by molar-refractivity contribution is -0.121. The van der Waals surface area contributed by atoms with Gasteiger partial charge in [0.25, 0.3) is 5.91 Å². The zero-order valence-corrected chi connectivity index (χ0v) is 20.2. The van der Waals surface area contributed by atoms with E-state index in [2.05, 4.69) is 10.5 Å². The largest absolute Gasteiger partial charge is 0.493 e. The molecule has 0 unspecified atom stereocenters. The Hall–Kier alpha value is -3.40. The predicted molar refractivity (Wildman–Crippen MR) is 131 cm³/mol. The minimum Gasteiger partial charge on any atom is -0.493 e. The quantitative estimate of drug-likeness (QED) is 0.337. The molecule has 0 aliphatic heterocycles. The van der Waals surface area contributed by atoms with Gasteiger partial charge >= 0.3 is 0 Å². The maximum atomic E-state index is 12.6. The number of methoxy groups -OCH3 is 1. The molecule has 10 heteroatoms. The van der Waals surface area contributed by atoms with Crippen LogP contribution >= 0.6 is 11.6 Å². The first kappa shape index (κ1) is 25.2. The van der Waals surface area contributed by atoms with Crippen molar-refractivity contribution in [2.75, 3.05) is 20.7 Å². The average Bonchev–Trinajstić information content (AvgIpc) is 2.84. The van der Waals surface area contributed by atoms with Gasteiger partial charge in [-0.2, -0.15) is 9.41 Å². The van der Waals surface area contributed by atoms with Crippen LogP contribution in [0.1, 0.15) is 11.1 Å². The summed E-state index contributed by atoms with van der Waals surface area (Å²) in [6, 6.07) is 20.7. The summed E-state index contributed by atoms with van der Waals surface area (Å²) in [6.45, 7) is -0.00890. The number of hydrazone groups is 1. The molecular weight excluding hydrogens is 478 g/mol. The van der Waals surface area contributed by atoms with Gasteiger partial charge in [0, 0.05) is 12.1 Å². The van der Waals surface area contributed by atoms with Gasteiger partial charge in [0.2, 0.25) is 10.0 Å². The molecule has 178 valence electrons. The monoisotopic (exact) mass is 501 g/mol. The van der Waals surface area contributed by atoms with E-state index in [9.17, 15) is 13.2 Å². The van der Waals surface area contributed by atoms with Crippen LogP contribution in [0.25, 0.3) is 0 Å². The maximum absolute atomic E-state index is 12.6. The van der Waals surface area contributed by atoms with E-state index in [1.165, 1.54) is 44.6 Å². The molecule has 0 fully saturated rings. The minimum atomic E-state index is -3.84. The third kappa shape index (κ3) is 6.80. The first-order valence-electron chi connectivity index (χ1n) is 10.2. The van der Waals surface area contributed by atoms with Crippen LogP contribution < -0.4 is 14.9 Å². The molecule has 0 heterocycles. The lowest BCUT2D eigenvalue weighted by atomic mass is 10.2. The molecule has 1 amide bonds. The number of ether oxygens (including phenoxy) is 2. The number of carbonyl (C=O) groups is 1. The smallest absolute Gasteiger partial charge is 0.255 e. The summed E-state index contributed by atoms with van der Waals surface area (Å²) in [5.74, 6) is 0.493. The number of nitrogens with one attached hydrogen (secondary N) is 1. The maximum Gasteiger partial charge on any atom is 0.255 e. The fourth-order valence-corrected chi connectivity index (χ4v) is 4.16. The van der Waals surface area contributed by atoms with Gasteiger partial charge in [-0.15, -0.1) is 0 Å². The number of benzene rings is 3. The van der Waals surface area contributed by atoms with Crippen molar-refractivity contribution in [3.8, 4) is 11.5 Å². The summed E-state index contributed by atoms with van der Waals surface area (Å²) in [7, 11) is -0.992. The Morgan fingerprint density at radius 1 is 1.06 bits per heavy atom. The Bertz CT molecular complexity index is 1250. The van der Waals surface area contributed by atoms with Gasteiger partial charge in [-0.1, -0.05) is 41.9 Å². The van der Waals surface area contributed by atoms with Crippen molar-refractivity contribution in [3.63, 3.8) is 0 Å². The second-order valence-electron chi connectivity index (χ2n) is 7.19. The number of carbonyl (C=O) groups excluding carboxylic acids is 1. The minimum absolute atomic E-state index is 0.0392. The lowest BCUT2D eigenvalue weighted by Crippen LogP contribution is -2.36. The van der Waals surface area contributed by atoms with Crippen LogP contribution in [-0.4, -0.2) is 45.5 Å². The number of likely N-dealkylation sites (N-methyl/N-ethyl adjacent to an activating group) is 1. The predicted octanol–water partition coefficient (Wildman–Crippen LogP) is 3.70. The Balaban J connectivity index is 1.56. The molecular formula is C24H24ClN3O5S. The van der Waals surface area contributed by atoms with Crippen molar-refractivity contribution in [1.29, 1.82) is 0 Å². The second-order valence-corrected chi connectivity index (χ2v) is 9.67. The zero-order chi connectivity index (χ0) is 24.6. The van der Waals surface area contributed by atoms with Gasteiger partial charge in [-0.05, 0) is 53.6 Å². The van der Waals surface area contributed by atoms with E-state index in [0.29, 0.717) is 28.7 Å². The van der Waals surface area contributed by atoms with Crippen LogP contribution in [-0.2, 0) is 21.4 Å². The van der Waals surface area contributed by atoms with Crippen molar-refractivity contribution in [3.05, 3.63) is 88.9 Å². The van der Waals surface area contributed by atoms with Crippen molar-refractivity contribution in [2.24, 2.45) is 5.10 Å². The highest BCUT2D eigenvalue weighted by Gasteiger charge is 2.22. The van der Waals surface area contributed by atoms with Gasteiger partial charge in [0.05, 0.1) is 24.8 Å². The summed E-state index contributed by atoms with van der Waals surface area (Å²) in [4.78, 5) is 12.2. The van der Waals surface area contributed by atoms with E-state index in [-0.39, 0.29) is 4.90 Å². The van der Waals surface area contributed by atoms with Gasteiger partial charge in [-0.25, -0.2) is 13.8 Å². The van der Waals surface area contributed by atoms with Gasteiger partial charge in [0.1, 0.15) is 6.61 Å². The van der Waals surface area contributed by atoms with E-state index in [1.54, 1.807) is 18.2 Å². The SMILES string of the molecule is COc1cc(/C=N\NC(=O)CN(C)S(=O)(=O)c2ccc(Cl)cc2)ccc1OCc1ccccc1. The number of amides is 1. The van der Waals surface area contributed by atoms with Crippen LogP contribution in [0.15, 0.2) is 82.8 Å². The highest BCUT2D eigenvalue weighted by molar-refractivity contribution is 7.89. The van der Waals surface area contributed by atoms with Crippen LogP contribution in [0.2, 0.25) is 5.02 Å². The van der Waals surface area contributed by atoms with Crippen molar-refractivity contribution in [2.45, 2.75) is 11.5 Å². The van der Waals surface area contributed by atoms with Crippen LogP contribution in [0, 0.1) is 0 Å². The third-order valence-corrected chi connectivity index (χ3v) is 6.79. The molecule has 0 aromatic heterocycles. The number of hydrogen-bond acceptors (Lipinski definition) is 6. The summed E-state index contributed by atoms with van der Waals surface area (Å²) >= 11 is 5.80. The van der Waals surface area contributed by atoms with E-state index in [1.807, 2.05) is 30.3 Å². The van der Waals surface area contributed by atoms with Crippen molar-refractivity contribution < 1.29 is 22.7 Å². The fourth-order valence-electron chi connectivity index (χ4n) is 2.91. The fraction of sp³-hybridized carbons (Fsp3) is 0.167. The molecule has 0 saturated carbocycles. The first-order valence-corrected chi connectivity index (χ1v) is 12.0. The molecule has 3 aromatic rings. The van der Waals surface area contributed by atoms with Crippen LogP contribution in [0.4, 0.5) is 0 Å². The summed E-state index contributed by atoms with van der Waals surface area (Å²) in [5, 5.41) is 4.32. The van der Waals surface area contributed by atoms with Gasteiger partial charge in [0.15, 0.2) is 11.5 Å². The van der Waals surface area contributed by atoms with Gasteiger partial charge in [-0.3, -0.25) is 4.79 Å². The second kappa shape index (κ2) is 11.6. The first-order chi connectivity index (χ1) is 16.3. The Labute approximate surface area is 203 Å². The molecule has 3 aromatic carbocycles. The highest BCUT2D eigenvalue weighted by atomic mass is 35.5.